The van der Waals surface area contributed by atoms with E-state index in [-0.39, 0.29) is 35.1 Å². The lowest BCUT2D eigenvalue weighted by Crippen LogP contribution is -2.32. The molecule has 1 heterocycles. The summed E-state index contributed by atoms with van der Waals surface area (Å²) in [6, 6.07) is 2.72. The van der Waals surface area contributed by atoms with Crippen molar-refractivity contribution in [3.8, 4) is 0 Å². The van der Waals surface area contributed by atoms with Crippen LogP contribution in [0.2, 0.25) is 5.15 Å². The molecule has 28 heavy (non-hydrogen) atoms. The van der Waals surface area contributed by atoms with E-state index in [2.05, 4.69) is 10.3 Å². The van der Waals surface area contributed by atoms with Crippen molar-refractivity contribution in [2.24, 2.45) is 0 Å². The maximum Gasteiger partial charge on any atom is 0.294 e. The number of ether oxygens (including phenoxy) is 2. The van der Waals surface area contributed by atoms with E-state index in [1.54, 1.807) is 26.0 Å². The van der Waals surface area contributed by atoms with Gasteiger partial charge in [0.15, 0.2) is 15.7 Å². The molecule has 10 heteroatoms. The lowest BCUT2D eigenvalue weighted by molar-refractivity contribution is 0.0879. The zero-order valence-corrected chi connectivity index (χ0v) is 18.0. The molecule has 0 aliphatic heterocycles. The van der Waals surface area contributed by atoms with Gasteiger partial charge in [0.2, 0.25) is 0 Å². The summed E-state index contributed by atoms with van der Waals surface area (Å²) in [6.45, 7) is 4.03. The van der Waals surface area contributed by atoms with Crippen molar-refractivity contribution in [1.82, 2.24) is 9.55 Å². The predicted molar refractivity (Wildman–Crippen MR) is 109 cm³/mol. The number of benzene rings is 1. The maximum absolute atomic E-state index is 12.9. The Morgan fingerprint density at radius 1 is 1.18 bits per heavy atom. The van der Waals surface area contributed by atoms with E-state index in [1.807, 2.05) is 0 Å². The molecule has 1 N–H and O–H groups in total. The molecule has 1 aromatic carbocycles. The van der Waals surface area contributed by atoms with Gasteiger partial charge in [-0.1, -0.05) is 11.6 Å². The highest BCUT2D eigenvalue weighted by molar-refractivity contribution is 7.90. The first-order valence-corrected chi connectivity index (χ1v) is 10.7. The Kier molecular flexibility index (Phi) is 7.22. The monoisotopic (exact) mass is 429 g/mol. The quantitative estimate of drug-likeness (QED) is 0.688. The Hall–Kier alpha value is -1.94. The molecular formula is C18H24ClN3O5S. The van der Waals surface area contributed by atoms with Crippen LogP contribution in [0.4, 0.5) is 11.5 Å². The molecule has 2 rings (SSSR count). The van der Waals surface area contributed by atoms with E-state index in [9.17, 15) is 13.2 Å². The minimum atomic E-state index is -3.34. The van der Waals surface area contributed by atoms with Gasteiger partial charge in [0, 0.05) is 32.4 Å². The van der Waals surface area contributed by atoms with Gasteiger partial charge in [-0.25, -0.2) is 13.4 Å². The molecule has 0 atom stereocenters. The molecule has 0 saturated heterocycles. The number of hydrogen-bond donors (Lipinski definition) is 1. The van der Waals surface area contributed by atoms with Gasteiger partial charge in [-0.3, -0.25) is 4.79 Å². The number of aromatic nitrogens is 2. The van der Waals surface area contributed by atoms with Crippen LogP contribution in [-0.2, 0) is 19.3 Å². The summed E-state index contributed by atoms with van der Waals surface area (Å²) in [5.41, 5.74) is 1.53. The van der Waals surface area contributed by atoms with Crippen molar-refractivity contribution < 1.29 is 17.9 Å². The Morgan fingerprint density at radius 2 is 1.71 bits per heavy atom. The summed E-state index contributed by atoms with van der Waals surface area (Å²) >= 11 is 6.13. The average molecular weight is 430 g/mol. The smallest absolute Gasteiger partial charge is 0.294 e. The second-order valence-corrected chi connectivity index (χ2v) is 8.92. The normalized spacial score (nSPS) is 11.8. The van der Waals surface area contributed by atoms with Crippen LogP contribution in [0.25, 0.3) is 0 Å². The Morgan fingerprint density at radius 3 is 2.18 bits per heavy atom. The van der Waals surface area contributed by atoms with Gasteiger partial charge in [-0.05, 0) is 37.1 Å². The highest BCUT2D eigenvalue weighted by Gasteiger charge is 2.18. The highest BCUT2D eigenvalue weighted by atomic mass is 35.5. The topological polar surface area (TPSA) is 99.5 Å². The Labute approximate surface area is 169 Å². The molecule has 0 amide bonds. The first kappa shape index (κ1) is 22.4. The van der Waals surface area contributed by atoms with Crippen LogP contribution in [0.1, 0.15) is 17.2 Å². The fraction of sp³-hybridized carbons (Fsp3) is 0.444. The van der Waals surface area contributed by atoms with Crippen LogP contribution in [0, 0.1) is 13.8 Å². The molecule has 1 aromatic heterocycles. The van der Waals surface area contributed by atoms with Crippen molar-refractivity contribution in [3.05, 3.63) is 45.0 Å². The van der Waals surface area contributed by atoms with Crippen molar-refractivity contribution in [1.29, 1.82) is 0 Å². The highest BCUT2D eigenvalue weighted by Crippen LogP contribution is 2.27. The molecule has 0 aliphatic carbocycles. The van der Waals surface area contributed by atoms with Crippen molar-refractivity contribution >= 4 is 32.9 Å². The number of sulfone groups is 1. The van der Waals surface area contributed by atoms with Gasteiger partial charge < -0.3 is 19.4 Å². The number of nitrogens with zero attached hydrogens (tertiary/aromatic N) is 2. The summed E-state index contributed by atoms with van der Waals surface area (Å²) in [5.74, 6) is 0.0306. The molecule has 8 nitrogen and oxygen atoms in total. The van der Waals surface area contributed by atoms with E-state index in [0.717, 1.165) is 6.26 Å². The third-order valence-corrected chi connectivity index (χ3v) is 5.46. The number of hydrogen-bond acceptors (Lipinski definition) is 7. The van der Waals surface area contributed by atoms with E-state index < -0.39 is 15.4 Å². The molecule has 2 aromatic rings. The van der Waals surface area contributed by atoms with Gasteiger partial charge in [0.25, 0.3) is 5.56 Å². The van der Waals surface area contributed by atoms with Crippen LogP contribution < -0.4 is 10.9 Å². The van der Waals surface area contributed by atoms with E-state index in [4.69, 9.17) is 21.1 Å². The van der Waals surface area contributed by atoms with Crippen LogP contribution in [0.3, 0.4) is 0 Å². The molecule has 0 spiro atoms. The largest absolute Gasteiger partial charge is 0.382 e. The summed E-state index contributed by atoms with van der Waals surface area (Å²) < 4.78 is 35.4. The zero-order valence-electron chi connectivity index (χ0n) is 16.4. The minimum absolute atomic E-state index is 0.0306. The first-order chi connectivity index (χ1) is 13.1. The second-order valence-electron chi connectivity index (χ2n) is 6.52. The van der Waals surface area contributed by atoms with E-state index in [0.29, 0.717) is 16.8 Å². The zero-order chi connectivity index (χ0) is 21.1. The van der Waals surface area contributed by atoms with Gasteiger partial charge in [-0.15, -0.1) is 0 Å². The van der Waals surface area contributed by atoms with Crippen LogP contribution in [0.5, 0.6) is 0 Å². The van der Waals surface area contributed by atoms with Gasteiger partial charge in [0.05, 0.1) is 24.2 Å². The molecule has 0 fully saturated rings. The summed E-state index contributed by atoms with van der Waals surface area (Å²) in [5, 5.41) is 3.13. The van der Waals surface area contributed by atoms with Crippen molar-refractivity contribution in [2.45, 2.75) is 24.8 Å². The number of rotatable bonds is 8. The maximum atomic E-state index is 12.9. The third kappa shape index (κ3) is 5.11. The molecular weight excluding hydrogens is 406 g/mol. The Bertz CT molecular complexity index is 991. The van der Waals surface area contributed by atoms with Gasteiger partial charge >= 0.3 is 0 Å². The van der Waals surface area contributed by atoms with Crippen molar-refractivity contribution in [2.75, 3.05) is 39.0 Å². The van der Waals surface area contributed by atoms with Crippen LogP contribution >= 0.6 is 11.6 Å². The number of halogens is 1. The van der Waals surface area contributed by atoms with Gasteiger partial charge in [0.1, 0.15) is 5.15 Å². The average Bonchev–Trinajstić information content (AvgIpc) is 2.59. The Balaban J connectivity index is 2.52. The molecule has 0 radical (unpaired) electrons. The van der Waals surface area contributed by atoms with E-state index in [1.165, 1.54) is 25.0 Å². The summed E-state index contributed by atoms with van der Waals surface area (Å²) in [7, 11) is -0.274. The predicted octanol–water partition coefficient (Wildman–Crippen LogP) is 2.49. The van der Waals surface area contributed by atoms with Crippen molar-refractivity contribution in [3.63, 3.8) is 0 Å². The SMILES string of the molecule is COCC(COC)n1cc(Cl)nc(Nc2c(C)cc(S(C)(=O)=O)cc2C)c1=O. The summed E-state index contributed by atoms with van der Waals surface area (Å²) in [4.78, 5) is 17.3. The second kappa shape index (κ2) is 9.04. The third-order valence-electron chi connectivity index (χ3n) is 4.19. The lowest BCUT2D eigenvalue weighted by Gasteiger charge is -2.20. The fourth-order valence-electron chi connectivity index (χ4n) is 2.88. The van der Waals surface area contributed by atoms with Crippen LogP contribution in [-0.4, -0.2) is 51.7 Å². The number of nitrogens with one attached hydrogen (secondary N) is 1. The fourth-order valence-corrected chi connectivity index (χ4v) is 3.85. The molecule has 0 unspecified atom stereocenters. The summed E-state index contributed by atoms with van der Waals surface area (Å²) in [6.07, 6.45) is 2.58. The molecule has 0 bridgehead atoms. The molecule has 0 aliphatic rings. The lowest BCUT2D eigenvalue weighted by atomic mass is 10.1. The standard InChI is InChI=1S/C18H24ClN3O5S/c1-11-6-14(28(5,24)25)7-12(2)16(11)21-17-18(23)22(8-15(19)20-17)13(9-26-3)10-27-4/h6-8,13H,9-10H2,1-5H3,(H,20,21). The van der Waals surface area contributed by atoms with Crippen LogP contribution in [0.15, 0.2) is 28.0 Å². The number of anilines is 2. The minimum Gasteiger partial charge on any atom is -0.382 e. The molecule has 0 saturated carbocycles. The van der Waals surface area contributed by atoms with Gasteiger partial charge in [-0.2, -0.15) is 0 Å². The molecule has 154 valence electrons. The first-order valence-electron chi connectivity index (χ1n) is 8.43. The number of methoxy groups -OCH3 is 2. The van der Waals surface area contributed by atoms with E-state index >= 15 is 0 Å². The number of aryl methyl sites for hydroxylation is 2.